The van der Waals surface area contributed by atoms with E-state index in [1.165, 1.54) is 11.1 Å². The summed E-state index contributed by atoms with van der Waals surface area (Å²) in [7, 11) is 0. The zero-order valence-corrected chi connectivity index (χ0v) is 34.8. The molecule has 0 aliphatic carbocycles. The number of likely N-dealkylation sites (tertiary alicyclic amines) is 1. The number of carbonyl (C=O) groups excluding carboxylic acids is 2. The second-order valence-corrected chi connectivity index (χ2v) is 17.2. The van der Waals surface area contributed by atoms with Gasteiger partial charge in [-0.3, -0.25) is 19.7 Å². The zero-order valence-electron chi connectivity index (χ0n) is 33.3. The van der Waals surface area contributed by atoms with Gasteiger partial charge >= 0.3 is 6.03 Å². The summed E-state index contributed by atoms with van der Waals surface area (Å²) in [4.78, 5) is 42.6. The van der Waals surface area contributed by atoms with Gasteiger partial charge in [0, 0.05) is 59.5 Å². The standard InChI is InChI=1S/C45H53Cl2N5O3/c1-9-55-38-26-39(43(4,5)6)48-28-37(38)41-50-44(7,33-10-14-35(46)15-11-33)45(8,34-12-16-36(47)17-13-34)52(41)42(54)51-20-18-31(19-21-51)25-40(53)49-27-32-23-29(2)22-30(3)24-32/h10-17,22-24,26,28,31H,9,18-21,25,27H2,1-8H3,(H,49,53)/t44-,45+/m0/s1. The highest BCUT2D eigenvalue weighted by molar-refractivity contribution is 6.30. The molecule has 4 aromatic rings. The number of halogens is 2. The van der Waals surface area contributed by atoms with Crippen molar-refractivity contribution in [3.63, 3.8) is 0 Å². The lowest BCUT2D eigenvalue weighted by atomic mass is 9.71. The Labute approximate surface area is 336 Å². The number of piperidine rings is 1. The molecule has 2 aliphatic rings. The summed E-state index contributed by atoms with van der Waals surface area (Å²) in [6.07, 6.45) is 3.63. The van der Waals surface area contributed by atoms with Gasteiger partial charge < -0.3 is 15.0 Å². The van der Waals surface area contributed by atoms with Crippen molar-refractivity contribution >= 4 is 41.0 Å². The van der Waals surface area contributed by atoms with Gasteiger partial charge in [-0.1, -0.05) is 97.6 Å². The number of amides is 3. The summed E-state index contributed by atoms with van der Waals surface area (Å²) in [6.45, 7) is 18.5. The number of nitrogens with one attached hydrogen (secondary N) is 1. The average Bonchev–Trinajstić information content (AvgIpc) is 3.38. The molecule has 1 fully saturated rings. The predicted molar refractivity (Wildman–Crippen MR) is 222 cm³/mol. The fourth-order valence-electron chi connectivity index (χ4n) is 8.03. The Balaban J connectivity index is 1.36. The molecule has 3 heterocycles. The molecule has 3 amide bonds. The predicted octanol–water partition coefficient (Wildman–Crippen LogP) is 10.1. The summed E-state index contributed by atoms with van der Waals surface area (Å²) >= 11 is 12.9. The average molecular weight is 783 g/mol. The highest BCUT2D eigenvalue weighted by Gasteiger charge is 2.60. The van der Waals surface area contributed by atoms with Crippen LogP contribution in [0.3, 0.4) is 0 Å². The molecule has 0 spiro atoms. The summed E-state index contributed by atoms with van der Waals surface area (Å²) in [6, 6.07) is 23.5. The molecule has 1 N–H and O–H groups in total. The van der Waals surface area contributed by atoms with E-state index in [1.54, 1.807) is 6.20 Å². The van der Waals surface area contributed by atoms with E-state index in [0.717, 1.165) is 22.4 Å². The maximum Gasteiger partial charge on any atom is 0.326 e. The van der Waals surface area contributed by atoms with Crippen LogP contribution < -0.4 is 10.1 Å². The summed E-state index contributed by atoms with van der Waals surface area (Å²) in [5, 5.41) is 4.32. The number of amidine groups is 1. The number of aromatic nitrogens is 1. The molecule has 10 heteroatoms. The zero-order chi connectivity index (χ0) is 39.7. The molecule has 0 saturated carbocycles. The Morgan fingerprint density at radius 3 is 2.04 bits per heavy atom. The number of ether oxygens (including phenoxy) is 1. The second-order valence-electron chi connectivity index (χ2n) is 16.4. The molecule has 0 unspecified atom stereocenters. The van der Waals surface area contributed by atoms with E-state index in [0.29, 0.717) is 72.7 Å². The number of hydrogen-bond acceptors (Lipinski definition) is 5. The number of urea groups is 1. The van der Waals surface area contributed by atoms with Crippen molar-refractivity contribution in [2.24, 2.45) is 10.9 Å². The van der Waals surface area contributed by atoms with Gasteiger partial charge in [0.05, 0.1) is 12.2 Å². The topological polar surface area (TPSA) is 87.1 Å². The smallest absolute Gasteiger partial charge is 0.326 e. The molecule has 6 rings (SSSR count). The fraction of sp³-hybridized carbons (Fsp3) is 0.422. The monoisotopic (exact) mass is 781 g/mol. The van der Waals surface area contributed by atoms with Gasteiger partial charge in [-0.15, -0.1) is 0 Å². The van der Waals surface area contributed by atoms with Gasteiger partial charge in [-0.25, -0.2) is 4.79 Å². The number of benzene rings is 3. The van der Waals surface area contributed by atoms with Gasteiger partial charge in [-0.05, 0) is 94.3 Å². The molecule has 2 atom stereocenters. The van der Waals surface area contributed by atoms with Crippen molar-refractivity contribution in [3.8, 4) is 5.75 Å². The van der Waals surface area contributed by atoms with E-state index < -0.39 is 11.1 Å². The number of carbonyl (C=O) groups is 2. The maximum absolute atomic E-state index is 15.3. The number of aryl methyl sites for hydroxylation is 2. The minimum Gasteiger partial charge on any atom is -0.493 e. The molecule has 3 aromatic carbocycles. The van der Waals surface area contributed by atoms with E-state index in [2.05, 4.69) is 72.0 Å². The first-order valence-electron chi connectivity index (χ1n) is 19.2. The van der Waals surface area contributed by atoms with Gasteiger partial charge in [0.25, 0.3) is 0 Å². The minimum absolute atomic E-state index is 0.0293. The largest absolute Gasteiger partial charge is 0.493 e. The first-order chi connectivity index (χ1) is 26.0. The van der Waals surface area contributed by atoms with E-state index >= 15 is 4.79 Å². The highest BCUT2D eigenvalue weighted by atomic mass is 35.5. The third kappa shape index (κ3) is 8.27. The number of hydrogen-bond donors (Lipinski definition) is 1. The summed E-state index contributed by atoms with van der Waals surface area (Å²) in [5.74, 6) is 1.28. The third-order valence-corrected chi connectivity index (χ3v) is 11.7. The second kappa shape index (κ2) is 16.0. The van der Waals surface area contributed by atoms with Crippen molar-refractivity contribution in [1.82, 2.24) is 20.1 Å². The van der Waals surface area contributed by atoms with Crippen LogP contribution in [0.15, 0.2) is 84.0 Å². The Bertz CT molecular complexity index is 2050. The molecule has 1 aromatic heterocycles. The molecule has 2 aliphatic heterocycles. The lowest BCUT2D eigenvalue weighted by molar-refractivity contribution is -0.122. The maximum atomic E-state index is 15.3. The third-order valence-electron chi connectivity index (χ3n) is 11.2. The van der Waals surface area contributed by atoms with Crippen LogP contribution in [-0.4, -0.2) is 52.3 Å². The van der Waals surface area contributed by atoms with Crippen molar-refractivity contribution < 1.29 is 14.3 Å². The Morgan fingerprint density at radius 2 is 1.47 bits per heavy atom. The molecule has 0 radical (unpaired) electrons. The van der Waals surface area contributed by atoms with E-state index in [9.17, 15) is 4.79 Å². The first-order valence-corrected chi connectivity index (χ1v) is 20.0. The number of pyridine rings is 1. The lowest BCUT2D eigenvalue weighted by Gasteiger charge is -2.47. The van der Waals surface area contributed by atoms with E-state index in [-0.39, 0.29) is 23.3 Å². The molecule has 0 bridgehead atoms. The minimum atomic E-state index is -1.03. The van der Waals surface area contributed by atoms with Crippen LogP contribution in [0.2, 0.25) is 10.0 Å². The SMILES string of the molecule is CCOc1cc(C(C)(C)C)ncc1C1=N[C@@](C)(c2ccc(Cl)cc2)[C@@](C)(c2ccc(Cl)cc2)N1C(=O)N1CCC(CC(=O)NCc2cc(C)cc(C)c2)CC1. The van der Waals surface area contributed by atoms with Crippen LogP contribution in [0, 0.1) is 19.8 Å². The Kier molecular flexibility index (Phi) is 11.7. The lowest BCUT2D eigenvalue weighted by Crippen LogP contribution is -2.59. The molecular weight excluding hydrogens is 729 g/mol. The van der Waals surface area contributed by atoms with Gasteiger partial charge in [-0.2, -0.15) is 0 Å². The van der Waals surface area contributed by atoms with Crippen LogP contribution in [0.5, 0.6) is 5.75 Å². The number of aliphatic imine (C=N–C) groups is 1. The normalized spacial score (nSPS) is 20.4. The van der Waals surface area contributed by atoms with Crippen LogP contribution in [0.1, 0.15) is 99.9 Å². The Morgan fingerprint density at radius 1 is 0.891 bits per heavy atom. The van der Waals surface area contributed by atoms with Crippen LogP contribution in [0.4, 0.5) is 4.79 Å². The molecular formula is C45H53Cl2N5O3. The van der Waals surface area contributed by atoms with Crippen molar-refractivity contribution in [2.75, 3.05) is 19.7 Å². The first kappa shape index (κ1) is 40.3. The van der Waals surface area contributed by atoms with E-state index in [1.807, 2.05) is 71.3 Å². The van der Waals surface area contributed by atoms with Crippen molar-refractivity contribution in [3.05, 3.63) is 128 Å². The van der Waals surface area contributed by atoms with Crippen molar-refractivity contribution in [2.45, 2.75) is 97.7 Å². The summed E-state index contributed by atoms with van der Waals surface area (Å²) < 4.78 is 6.30. The quantitative estimate of drug-likeness (QED) is 0.183. The van der Waals surface area contributed by atoms with Crippen LogP contribution in [0.25, 0.3) is 0 Å². The fourth-order valence-corrected chi connectivity index (χ4v) is 8.29. The molecule has 55 heavy (non-hydrogen) atoms. The van der Waals surface area contributed by atoms with Gasteiger partial charge in [0.2, 0.25) is 5.91 Å². The summed E-state index contributed by atoms with van der Waals surface area (Å²) in [5.41, 5.74) is 4.49. The number of rotatable bonds is 9. The van der Waals surface area contributed by atoms with Gasteiger partial charge in [0.15, 0.2) is 0 Å². The number of nitrogens with zero attached hydrogens (tertiary/aromatic N) is 4. The van der Waals surface area contributed by atoms with Crippen LogP contribution >= 0.6 is 23.2 Å². The molecule has 8 nitrogen and oxygen atoms in total. The van der Waals surface area contributed by atoms with Gasteiger partial charge in [0.1, 0.15) is 22.7 Å². The molecule has 1 saturated heterocycles. The van der Waals surface area contributed by atoms with E-state index in [4.69, 9.17) is 37.9 Å². The highest BCUT2D eigenvalue weighted by Crippen LogP contribution is 2.54. The molecule has 290 valence electrons. The van der Waals surface area contributed by atoms with Crippen LogP contribution in [-0.2, 0) is 27.8 Å². The Hall–Kier alpha value is -4.40. The van der Waals surface area contributed by atoms with Crippen molar-refractivity contribution in [1.29, 1.82) is 0 Å².